The molecule has 1 unspecified atom stereocenters. The van der Waals surface area contributed by atoms with Crippen LogP contribution in [0.1, 0.15) is 24.5 Å². The van der Waals surface area contributed by atoms with Crippen LogP contribution in [-0.2, 0) is 11.3 Å². The van der Waals surface area contributed by atoms with Gasteiger partial charge in [-0.15, -0.1) is 0 Å². The van der Waals surface area contributed by atoms with Crippen LogP contribution in [0, 0.1) is 12.8 Å². The first-order valence-electron chi connectivity index (χ1n) is 10.3. The van der Waals surface area contributed by atoms with Crippen molar-refractivity contribution in [3.8, 4) is 5.75 Å². The summed E-state index contributed by atoms with van der Waals surface area (Å²) in [6, 6.07) is 5.99. The van der Waals surface area contributed by atoms with Crippen LogP contribution in [0.2, 0.25) is 0 Å². The summed E-state index contributed by atoms with van der Waals surface area (Å²) in [7, 11) is 1.63. The van der Waals surface area contributed by atoms with Crippen LogP contribution in [0.25, 0.3) is 0 Å². The molecule has 1 heterocycles. The van der Waals surface area contributed by atoms with Crippen molar-refractivity contribution in [2.45, 2.75) is 33.0 Å². The fraction of sp³-hybridized carbons (Fsp3) is 0.667. The molecule has 1 atom stereocenters. The Hall–Kier alpha value is -2.00. The second-order valence-corrected chi connectivity index (χ2v) is 7.53. The van der Waals surface area contributed by atoms with Gasteiger partial charge in [0.1, 0.15) is 12.4 Å². The number of methoxy groups -OCH3 is 1. The normalized spacial score (nSPS) is 17.9. The third kappa shape index (κ3) is 8.79. The van der Waals surface area contributed by atoms with E-state index < -0.39 is 12.7 Å². The van der Waals surface area contributed by atoms with Crippen molar-refractivity contribution >= 4 is 5.96 Å². The van der Waals surface area contributed by atoms with Crippen molar-refractivity contribution in [2.75, 3.05) is 53.0 Å². The molecule has 0 radical (unpaired) electrons. The maximum absolute atomic E-state index is 12.6. The van der Waals surface area contributed by atoms with Crippen LogP contribution in [0.15, 0.2) is 23.2 Å². The Morgan fingerprint density at radius 2 is 2.07 bits per heavy atom. The third-order valence-corrected chi connectivity index (χ3v) is 4.85. The minimum absolute atomic E-state index is 0.170. The van der Waals surface area contributed by atoms with Gasteiger partial charge in [0.25, 0.3) is 0 Å². The smallest absolute Gasteiger partial charge is 0.401 e. The van der Waals surface area contributed by atoms with Gasteiger partial charge in [-0.25, -0.2) is 4.99 Å². The Kier molecular flexibility index (Phi) is 9.71. The average Bonchev–Trinajstić information content (AvgIpc) is 3.11. The summed E-state index contributed by atoms with van der Waals surface area (Å²) in [6.07, 6.45) is -3.40. The molecule has 9 heteroatoms. The number of aliphatic imine (C=N–C) groups is 1. The second-order valence-electron chi connectivity index (χ2n) is 7.53. The average molecular weight is 431 g/mol. The van der Waals surface area contributed by atoms with Crippen LogP contribution in [0.5, 0.6) is 5.75 Å². The first-order valence-corrected chi connectivity index (χ1v) is 10.3. The summed E-state index contributed by atoms with van der Waals surface area (Å²) >= 11 is 0. The number of hydrogen-bond acceptors (Lipinski definition) is 4. The SMILES string of the molecule is CCNC(=NCc1ccc(C)cc1OCCOC)NCC1CCN(CC(F)(F)F)C1. The highest BCUT2D eigenvalue weighted by atomic mass is 19.4. The van der Waals surface area contributed by atoms with E-state index in [2.05, 4.69) is 15.6 Å². The molecular formula is C21H33F3N4O2. The van der Waals surface area contributed by atoms with Crippen molar-refractivity contribution < 1.29 is 22.6 Å². The fourth-order valence-corrected chi connectivity index (χ4v) is 3.39. The topological polar surface area (TPSA) is 58.1 Å². The van der Waals surface area contributed by atoms with Gasteiger partial charge in [-0.05, 0) is 44.4 Å². The maximum Gasteiger partial charge on any atom is 0.401 e. The zero-order valence-corrected chi connectivity index (χ0v) is 18.0. The zero-order chi connectivity index (χ0) is 22.0. The molecule has 30 heavy (non-hydrogen) atoms. The van der Waals surface area contributed by atoms with Gasteiger partial charge in [0.15, 0.2) is 5.96 Å². The number of nitrogens with one attached hydrogen (secondary N) is 2. The van der Waals surface area contributed by atoms with Crippen molar-refractivity contribution in [1.29, 1.82) is 0 Å². The Morgan fingerprint density at radius 1 is 1.27 bits per heavy atom. The third-order valence-electron chi connectivity index (χ3n) is 4.85. The summed E-state index contributed by atoms with van der Waals surface area (Å²) in [5.41, 5.74) is 2.07. The molecular weight excluding hydrogens is 397 g/mol. The van der Waals surface area contributed by atoms with E-state index in [-0.39, 0.29) is 5.92 Å². The van der Waals surface area contributed by atoms with Gasteiger partial charge in [0, 0.05) is 32.3 Å². The van der Waals surface area contributed by atoms with Crippen molar-refractivity contribution in [2.24, 2.45) is 10.9 Å². The molecule has 0 bridgehead atoms. The second kappa shape index (κ2) is 12.0. The van der Waals surface area contributed by atoms with Gasteiger partial charge in [0.2, 0.25) is 0 Å². The maximum atomic E-state index is 12.6. The Morgan fingerprint density at radius 3 is 2.77 bits per heavy atom. The molecule has 0 spiro atoms. The van der Waals surface area contributed by atoms with Crippen LogP contribution in [0.4, 0.5) is 13.2 Å². The summed E-state index contributed by atoms with van der Waals surface area (Å²) in [4.78, 5) is 6.10. The summed E-state index contributed by atoms with van der Waals surface area (Å²) in [5.74, 6) is 1.60. The highest BCUT2D eigenvalue weighted by molar-refractivity contribution is 5.79. The number of aryl methyl sites for hydroxylation is 1. The summed E-state index contributed by atoms with van der Waals surface area (Å²) in [5, 5.41) is 6.46. The standard InChI is InChI=1S/C21H33F3N4O2/c1-4-25-20(26-12-17-7-8-28(14-17)15-21(22,23)24)27-13-18-6-5-16(2)11-19(18)30-10-9-29-3/h5-6,11,17H,4,7-10,12-15H2,1-3H3,(H2,25,26,27). The van der Waals surface area contributed by atoms with Gasteiger partial charge >= 0.3 is 6.18 Å². The number of hydrogen-bond donors (Lipinski definition) is 2. The van der Waals surface area contributed by atoms with Crippen molar-refractivity contribution in [1.82, 2.24) is 15.5 Å². The van der Waals surface area contributed by atoms with E-state index in [4.69, 9.17) is 9.47 Å². The van der Waals surface area contributed by atoms with Gasteiger partial charge < -0.3 is 20.1 Å². The number of nitrogens with zero attached hydrogens (tertiary/aromatic N) is 2. The molecule has 6 nitrogen and oxygen atoms in total. The summed E-state index contributed by atoms with van der Waals surface area (Å²) < 4.78 is 48.5. The van der Waals surface area contributed by atoms with E-state index in [1.165, 1.54) is 4.90 Å². The van der Waals surface area contributed by atoms with Crippen LogP contribution in [-0.4, -0.2) is 70.1 Å². The largest absolute Gasteiger partial charge is 0.491 e. The molecule has 0 aromatic heterocycles. The molecule has 1 aliphatic heterocycles. The summed E-state index contributed by atoms with van der Waals surface area (Å²) in [6.45, 7) is 6.76. The molecule has 1 saturated heterocycles. The first-order chi connectivity index (χ1) is 14.3. The first kappa shape index (κ1) is 24.3. The lowest BCUT2D eigenvalue weighted by atomic mass is 10.1. The molecule has 0 amide bonds. The zero-order valence-electron chi connectivity index (χ0n) is 18.0. The van der Waals surface area contributed by atoms with E-state index in [1.54, 1.807) is 7.11 Å². The molecule has 1 fully saturated rings. The Labute approximate surface area is 176 Å². The highest BCUT2D eigenvalue weighted by Crippen LogP contribution is 2.23. The molecule has 0 aliphatic carbocycles. The van der Waals surface area contributed by atoms with Gasteiger partial charge in [-0.1, -0.05) is 12.1 Å². The lowest BCUT2D eigenvalue weighted by Crippen LogP contribution is -2.40. The Bertz CT molecular complexity index is 683. The highest BCUT2D eigenvalue weighted by Gasteiger charge is 2.34. The molecule has 2 rings (SSSR count). The molecule has 1 aromatic rings. The Balaban J connectivity index is 1.92. The predicted molar refractivity (Wildman–Crippen MR) is 112 cm³/mol. The van der Waals surface area contributed by atoms with Gasteiger partial charge in [-0.3, -0.25) is 4.90 Å². The van der Waals surface area contributed by atoms with Gasteiger partial charge in [0.05, 0.1) is 19.7 Å². The molecule has 1 aliphatic rings. The molecule has 2 N–H and O–H groups in total. The monoisotopic (exact) mass is 430 g/mol. The number of likely N-dealkylation sites (tertiary alicyclic amines) is 1. The minimum Gasteiger partial charge on any atom is -0.491 e. The number of alkyl halides is 3. The minimum atomic E-state index is -4.14. The van der Waals surface area contributed by atoms with E-state index in [9.17, 15) is 13.2 Å². The van der Waals surface area contributed by atoms with Crippen molar-refractivity contribution in [3.63, 3.8) is 0 Å². The number of halogens is 3. The quantitative estimate of drug-likeness (QED) is 0.340. The molecule has 0 saturated carbocycles. The molecule has 1 aromatic carbocycles. The van der Waals surface area contributed by atoms with E-state index >= 15 is 0 Å². The van der Waals surface area contributed by atoms with E-state index in [0.29, 0.717) is 51.9 Å². The van der Waals surface area contributed by atoms with Crippen molar-refractivity contribution in [3.05, 3.63) is 29.3 Å². The van der Waals surface area contributed by atoms with E-state index in [1.807, 2.05) is 32.0 Å². The fourth-order valence-electron chi connectivity index (χ4n) is 3.39. The number of guanidine groups is 1. The van der Waals surface area contributed by atoms with Crippen LogP contribution < -0.4 is 15.4 Å². The van der Waals surface area contributed by atoms with Crippen LogP contribution >= 0.6 is 0 Å². The number of rotatable bonds is 10. The number of ether oxygens (including phenoxy) is 2. The lowest BCUT2D eigenvalue weighted by molar-refractivity contribution is -0.143. The lowest BCUT2D eigenvalue weighted by Gasteiger charge is -2.19. The number of benzene rings is 1. The predicted octanol–water partition coefficient (Wildman–Crippen LogP) is 2.96. The molecule has 170 valence electrons. The van der Waals surface area contributed by atoms with Crippen LogP contribution in [0.3, 0.4) is 0 Å². The van der Waals surface area contributed by atoms with Gasteiger partial charge in [-0.2, -0.15) is 13.2 Å². The van der Waals surface area contributed by atoms with E-state index in [0.717, 1.165) is 23.3 Å².